The van der Waals surface area contributed by atoms with Crippen LogP contribution in [0.5, 0.6) is 0 Å². The van der Waals surface area contributed by atoms with Gasteiger partial charge in [0.15, 0.2) is 0 Å². The number of H-pyrrole nitrogens is 5. The molecule has 0 aliphatic carbocycles. The number of fused-ring (bicyclic) bond motifs is 5. The second-order valence-corrected chi connectivity index (χ2v) is 24.2. The molecule has 5 aliphatic heterocycles. The van der Waals surface area contributed by atoms with Crippen molar-refractivity contribution in [3.05, 3.63) is 147 Å². The number of likely N-dealkylation sites (tertiary alicyclic amines) is 5. The van der Waals surface area contributed by atoms with Gasteiger partial charge in [-0.3, -0.25) is 24.0 Å². The van der Waals surface area contributed by atoms with Gasteiger partial charge in [0.1, 0.15) is 103 Å². The predicted molar refractivity (Wildman–Crippen MR) is 463 cm³/mol. The Labute approximate surface area is 802 Å². The van der Waals surface area contributed by atoms with Gasteiger partial charge in [-0.25, -0.2) is 82.7 Å². The zero-order chi connectivity index (χ0) is 150. The molecule has 0 spiro atoms. The van der Waals surface area contributed by atoms with E-state index in [9.17, 15) is 26.7 Å². The van der Waals surface area contributed by atoms with Crippen molar-refractivity contribution in [2.24, 2.45) is 29.5 Å². The Morgan fingerprint density at radius 1 is 0.383 bits per heavy atom. The van der Waals surface area contributed by atoms with Crippen LogP contribution in [0.3, 0.4) is 0 Å². The first kappa shape index (κ1) is 33.2. The molecule has 10 aromatic heterocycles. The minimum absolute atomic E-state index is 0.0274. The topological polar surface area (TPSA) is 347 Å². The molecular formula is C85H110N30O5. The molecule has 0 aromatic carbocycles. The van der Waals surface area contributed by atoms with Crippen LogP contribution in [-0.2, 0) is 24.0 Å². The lowest BCUT2D eigenvalue weighted by Crippen LogP contribution is -2.53. The minimum Gasteiger partial charge on any atom is -0.354 e. The Morgan fingerprint density at radius 3 is 0.950 bits per heavy atom. The Morgan fingerprint density at radius 2 is 0.642 bits per heavy atom. The summed E-state index contributed by atoms with van der Waals surface area (Å²) in [6.45, 7) is -42.7. The highest BCUT2D eigenvalue weighted by Crippen LogP contribution is 2.36. The van der Waals surface area contributed by atoms with Crippen LogP contribution in [0.1, 0.15) is 195 Å². The van der Waals surface area contributed by atoms with Crippen molar-refractivity contribution in [1.29, 1.82) is 0 Å². The van der Waals surface area contributed by atoms with E-state index in [1.54, 1.807) is 0 Å². The van der Waals surface area contributed by atoms with Crippen LogP contribution < -0.4 is 24.5 Å². The SMILES string of the molecule is [2H]c1c(C)[nH]c2ncnc(N(C([2H])([2H])[2H])[C@]3([2H])[C@H](C([2H])([2H])[2H])C([2H])([2H])C([2H])([2H])N(C(=O)C([2H])([2H])[N+]#[C-])C3([2H])[2H])c12.[2H]c1c(C)[nH]c2ncnc(N(C([2H])([2H])[2H])[C@]3([2H])[C@H](C)C([2H])([2H])C([2H])([2H])N(C(=O)C([2H])([2H])[N+]#[C-])C3([2H])[2H])c12.[2H]c1c(C)[nH]c2ncnc(N([C@@H]3[C@H](C([2H])([2H])[2H])C([2H])([2H])C([2H])([2H])N(C(=O)C([2H])([2H])[N+]#[C-])C3([2H])[2H])C([2H])([2H])[2H])c12.[2H]c1c(C)[nH]c2ncnc(N([C@H]3C([2H])([2H])N(C(=O)C([2H])([2H])[N+]#[C-])C([2H])([2H])C([2H])([2H])[C@@]3([2H])C([2H])([2H])[2H])C([2H])([2H])[2H])c12.[2H]c1c(C)[nH]c2ncnc(N([C@H]3C([2H])([2H])N(C(=O)C([2H])([2H])[N+]#[C-])C([2H])([2H])C([2H])([2H])[C@@]3([2H])C)C([2H])([2H])[2H])c12. The average molecular weight is 1710 g/mol. The molecule has 10 atom stereocenters. The van der Waals surface area contributed by atoms with Crippen LogP contribution in [0.25, 0.3) is 79.4 Å². The zero-order valence-electron chi connectivity index (χ0n) is 136. The van der Waals surface area contributed by atoms with Crippen LogP contribution in [0.2, 0.25) is 0 Å². The Bertz CT molecular complexity index is 9090. The van der Waals surface area contributed by atoms with Gasteiger partial charge < -0.3 is 98.1 Å². The van der Waals surface area contributed by atoms with Crippen LogP contribution in [0.4, 0.5) is 29.1 Å². The highest BCUT2D eigenvalue weighted by molar-refractivity contribution is 5.92. The number of nitrogens with one attached hydrogen (secondary N) is 5. The first-order chi connectivity index (χ1) is 85.9. The number of carbonyl (C=O) groups excluding carboxylic acids is 5. The van der Waals surface area contributed by atoms with E-state index in [2.05, 4.69) is 99.0 Å². The maximum absolute atomic E-state index is 13.1. The summed E-state index contributed by atoms with van der Waals surface area (Å²) < 4.78 is 604. The lowest BCUT2D eigenvalue weighted by Gasteiger charge is -2.41. The van der Waals surface area contributed by atoms with Crippen molar-refractivity contribution < 1.29 is 124 Å². The summed E-state index contributed by atoms with van der Waals surface area (Å²) in [7, 11) is 0. The van der Waals surface area contributed by atoms with E-state index >= 15 is 0 Å². The Balaban J connectivity index is 0.000000222. The van der Waals surface area contributed by atoms with E-state index in [1.807, 2.05) is 0 Å². The number of nitrogens with zero attached hydrogens (tertiary/aromatic N) is 25. The van der Waals surface area contributed by atoms with Crippen molar-refractivity contribution in [2.75, 3.05) is 157 Å². The lowest BCUT2D eigenvalue weighted by molar-refractivity contribution is -0.131. The third-order valence-corrected chi connectivity index (χ3v) is 16.0. The number of hydrogen-bond acceptors (Lipinski definition) is 20. The number of anilines is 5. The number of aromatic amines is 5. The van der Waals surface area contributed by atoms with Crippen molar-refractivity contribution in [3.8, 4) is 0 Å². The highest BCUT2D eigenvalue weighted by atomic mass is 16.2. The van der Waals surface area contributed by atoms with Gasteiger partial charge in [-0.15, -0.1) is 0 Å². The zero-order valence-corrected chi connectivity index (χ0v) is 62.6. The normalized spacial score (nSPS) is 40.0. The Kier molecular flexibility index (Phi) is 10.9. The van der Waals surface area contributed by atoms with Gasteiger partial charge in [-0.2, -0.15) is 0 Å². The molecular weight excluding hydrogens is 1520 g/mol. The van der Waals surface area contributed by atoms with E-state index in [-0.39, 0.29) is 115 Å². The van der Waals surface area contributed by atoms with Gasteiger partial charge in [0, 0.05) is 191 Å². The lowest BCUT2D eigenvalue weighted by atomic mass is 9.92. The Hall–Kier alpha value is -13.1. The van der Waals surface area contributed by atoms with Crippen LogP contribution in [0, 0.1) is 97.0 Å². The third kappa shape index (κ3) is 20.2. The van der Waals surface area contributed by atoms with Crippen LogP contribution >= 0.6 is 0 Å². The fraction of sp³-hybridized carbons (Fsp3) is 0.529. The van der Waals surface area contributed by atoms with Crippen molar-refractivity contribution in [1.82, 2.24) is 99.3 Å². The van der Waals surface area contributed by atoms with E-state index in [4.69, 9.17) is 130 Å². The molecule has 15 heterocycles. The monoisotopic (exact) mass is 1700 g/mol. The van der Waals surface area contributed by atoms with E-state index in [0.717, 1.165) is 45.5 Å². The fourth-order valence-corrected chi connectivity index (χ4v) is 10.7. The maximum atomic E-state index is 13.1. The van der Waals surface area contributed by atoms with Crippen LogP contribution in [-0.4, -0.2) is 291 Å². The summed E-state index contributed by atoms with van der Waals surface area (Å²) >= 11 is 0. The van der Waals surface area contributed by atoms with Crippen molar-refractivity contribution in [2.45, 2.75) is 131 Å². The second-order valence-electron chi connectivity index (χ2n) is 24.2. The molecule has 5 aliphatic rings. The number of piperidine rings is 5. The number of hydrogen-bond donors (Lipinski definition) is 5. The first-order valence-electron chi connectivity index (χ1n) is 70.0. The fourth-order valence-electron chi connectivity index (χ4n) is 10.7. The van der Waals surface area contributed by atoms with E-state index in [1.165, 1.54) is 34.6 Å². The molecule has 5 saturated heterocycles. The van der Waals surface area contributed by atoms with Crippen molar-refractivity contribution in [3.63, 3.8) is 0 Å². The number of aromatic nitrogens is 15. The smallest absolute Gasteiger partial charge is 0.302 e. The second kappa shape index (κ2) is 39.4. The maximum Gasteiger partial charge on any atom is 0.302 e. The summed E-state index contributed by atoms with van der Waals surface area (Å²) in [4.78, 5) is 127. The summed E-state index contributed by atoms with van der Waals surface area (Å²) in [5, 5.41) is -1.62. The molecule has 120 heavy (non-hydrogen) atoms. The molecule has 10 aromatic rings. The standard InChI is InChI=1S/5C17H22N6O/c5*1-11-5-6-23(15(24)8-18-3)9-14(11)22(4)17-13-7-12(2)21-16(13)19-10-20-17/h5*7,10-11,14H,5-6,8-9H2,1-2,4H3,(H,19,20,21)/t5*11-,14+/m11111/s1/i1D3,4D3,5D2,6D2,7D,8D2,9D2,14D;1D3,4D3,5D2,6D2,7D,8D2,9D2,11D;4D3,5D2,6D2,7D,8D2,9D2,14D;4D3,5D2,6D2,7D,8D2,9D2,11D;1D3,4D3,5D2,6D2,7D,8D2,9D2. The number of amides is 5. The number of likely N-dealkylation sites (N-methyl/N-ethyl adjacent to an activating group) is 5. The van der Waals surface area contributed by atoms with Crippen molar-refractivity contribution >= 4 is 114 Å². The molecule has 0 bridgehead atoms. The first-order valence-corrected chi connectivity index (χ1v) is 33.5. The number of rotatable bonds is 15. The van der Waals surface area contributed by atoms with Gasteiger partial charge in [-0.1, -0.05) is 34.4 Å². The van der Waals surface area contributed by atoms with Gasteiger partial charge in [0.25, 0.3) is 32.5 Å². The third-order valence-electron chi connectivity index (χ3n) is 16.0. The minimum atomic E-state index is -4.19. The number of aryl methyl sites for hydroxylation is 5. The summed E-state index contributed by atoms with van der Waals surface area (Å²) in [5.74, 6) is -30.1. The molecule has 0 radical (unpaired) electrons. The molecule has 0 unspecified atom stereocenters. The van der Waals surface area contributed by atoms with Gasteiger partial charge >= 0.3 is 29.5 Å². The highest BCUT2D eigenvalue weighted by Gasteiger charge is 2.39. The largest absolute Gasteiger partial charge is 0.354 e. The van der Waals surface area contributed by atoms with Gasteiger partial charge in [-0.05, 0) is 126 Å². The molecule has 5 fully saturated rings. The molecule has 5 amide bonds. The molecule has 5 N–H and O–H groups in total. The molecule has 35 nitrogen and oxygen atoms in total. The summed E-state index contributed by atoms with van der Waals surface area (Å²) in [5.41, 5.74) is 0.307. The van der Waals surface area contributed by atoms with Gasteiger partial charge in [0.2, 0.25) is 0 Å². The molecule has 630 valence electrons. The van der Waals surface area contributed by atoms with Gasteiger partial charge in [0.05, 0.1) is 80.4 Å². The summed E-state index contributed by atoms with van der Waals surface area (Å²) in [6, 6.07) is -17.8. The molecule has 0 saturated carbocycles. The molecule has 35 heteroatoms. The average Bonchev–Trinajstić information content (AvgIpc) is 1.55. The summed E-state index contributed by atoms with van der Waals surface area (Å²) in [6.07, 6.45) is -14.7. The van der Waals surface area contributed by atoms with E-state index < -0.39 is 350 Å². The van der Waals surface area contributed by atoms with Crippen LogP contribution in [0.15, 0.2) is 61.8 Å². The van der Waals surface area contributed by atoms with E-state index in [0.29, 0.717) is 0 Å². The quantitative estimate of drug-likeness (QED) is 0.0597. The predicted octanol–water partition coefficient (Wildman–Crippen LogP) is 9.29. The molecule has 15 rings (SSSR count). The number of carbonyl (C=O) groups is 5.